The number of benzene rings is 2. The second-order valence-electron chi connectivity index (χ2n) is 7.82. The van der Waals surface area contributed by atoms with Gasteiger partial charge in [0.1, 0.15) is 16.7 Å². The molecule has 2 aliphatic rings. The lowest BCUT2D eigenvalue weighted by Gasteiger charge is -2.37. The van der Waals surface area contributed by atoms with Crippen molar-refractivity contribution in [2.45, 2.75) is 42.9 Å². The fraction of sp³-hybridized carbons (Fsp3) is 0.409. The van der Waals surface area contributed by atoms with Crippen molar-refractivity contribution in [1.29, 1.82) is 0 Å². The van der Waals surface area contributed by atoms with Crippen LogP contribution in [0.15, 0.2) is 53.4 Å². The van der Waals surface area contributed by atoms with E-state index in [-0.39, 0.29) is 34.8 Å². The Bertz CT molecular complexity index is 1020. The number of hydrogen-bond acceptors (Lipinski definition) is 5. The van der Waals surface area contributed by atoms with Gasteiger partial charge in [-0.3, -0.25) is 4.79 Å². The average molecular weight is 431 g/mol. The van der Waals surface area contributed by atoms with E-state index in [4.69, 9.17) is 9.47 Å². The zero-order valence-electron chi connectivity index (χ0n) is 17.1. The van der Waals surface area contributed by atoms with E-state index < -0.39 is 10.0 Å². The van der Waals surface area contributed by atoms with Crippen molar-refractivity contribution >= 4 is 15.9 Å². The molecule has 2 aromatic rings. The molecule has 0 aromatic heterocycles. The summed E-state index contributed by atoms with van der Waals surface area (Å²) in [5.41, 5.74) is 1.32. The number of methoxy groups -OCH3 is 1. The van der Waals surface area contributed by atoms with E-state index in [9.17, 15) is 13.2 Å². The van der Waals surface area contributed by atoms with Crippen molar-refractivity contribution in [2.24, 2.45) is 0 Å². The summed E-state index contributed by atoms with van der Waals surface area (Å²) >= 11 is 0. The molecule has 2 unspecified atom stereocenters. The van der Waals surface area contributed by atoms with Crippen LogP contribution in [0.5, 0.6) is 5.75 Å². The normalized spacial score (nSPS) is 22.0. The second-order valence-corrected chi connectivity index (χ2v) is 9.50. The van der Waals surface area contributed by atoms with Gasteiger partial charge in [-0.15, -0.1) is 0 Å². The highest BCUT2D eigenvalue weighted by atomic mass is 32.2. The summed E-state index contributed by atoms with van der Waals surface area (Å²) in [7, 11) is -2.34. The number of ether oxygens (including phenoxy) is 2. The zero-order valence-corrected chi connectivity index (χ0v) is 17.9. The van der Waals surface area contributed by atoms with E-state index in [1.54, 1.807) is 11.0 Å². The maximum Gasteiger partial charge on any atom is 0.254 e. The molecule has 1 aliphatic carbocycles. The SMILES string of the molecule is COc1ccc(C(=O)N2CC(C)OC(c3ccccc3)C2)cc1S(=O)(=O)NC1CC1. The predicted octanol–water partition coefficient (Wildman–Crippen LogP) is 2.74. The van der Waals surface area contributed by atoms with Crippen LogP contribution < -0.4 is 9.46 Å². The monoisotopic (exact) mass is 430 g/mol. The first kappa shape index (κ1) is 20.8. The summed E-state index contributed by atoms with van der Waals surface area (Å²) in [6.07, 6.45) is 1.29. The number of amides is 1. The van der Waals surface area contributed by atoms with Gasteiger partial charge in [-0.05, 0) is 43.5 Å². The second kappa shape index (κ2) is 8.37. The molecule has 0 bridgehead atoms. The Morgan fingerprint density at radius 1 is 1.13 bits per heavy atom. The molecule has 1 heterocycles. The molecule has 7 nitrogen and oxygen atoms in total. The quantitative estimate of drug-likeness (QED) is 0.762. The van der Waals surface area contributed by atoms with Crippen LogP contribution in [0.4, 0.5) is 0 Å². The predicted molar refractivity (Wildman–Crippen MR) is 112 cm³/mol. The summed E-state index contributed by atoms with van der Waals surface area (Å²) in [6.45, 7) is 2.77. The Kier molecular flexibility index (Phi) is 5.81. The first-order chi connectivity index (χ1) is 14.4. The molecule has 1 N–H and O–H groups in total. The fourth-order valence-corrected chi connectivity index (χ4v) is 5.16. The first-order valence-corrected chi connectivity index (χ1v) is 11.6. The molecule has 2 atom stereocenters. The highest BCUT2D eigenvalue weighted by Crippen LogP contribution is 2.30. The number of nitrogens with one attached hydrogen (secondary N) is 1. The largest absolute Gasteiger partial charge is 0.495 e. The van der Waals surface area contributed by atoms with Crippen LogP contribution in [0.1, 0.15) is 41.8 Å². The van der Waals surface area contributed by atoms with E-state index >= 15 is 0 Å². The van der Waals surface area contributed by atoms with Crippen LogP contribution in [0.3, 0.4) is 0 Å². The number of morpholine rings is 1. The van der Waals surface area contributed by atoms with Gasteiger partial charge in [0, 0.05) is 18.2 Å². The highest BCUT2D eigenvalue weighted by molar-refractivity contribution is 7.89. The third kappa shape index (κ3) is 4.50. The minimum absolute atomic E-state index is 0.0105. The maximum atomic E-state index is 13.2. The maximum absolute atomic E-state index is 13.2. The molecule has 4 rings (SSSR count). The lowest BCUT2D eigenvalue weighted by atomic mass is 10.1. The van der Waals surface area contributed by atoms with E-state index in [0.29, 0.717) is 18.7 Å². The van der Waals surface area contributed by atoms with Crippen molar-refractivity contribution in [2.75, 3.05) is 20.2 Å². The number of carbonyl (C=O) groups excluding carboxylic acids is 1. The molecular formula is C22H26N2O5S. The standard InChI is InChI=1S/C22H26N2O5S/c1-15-13-24(14-20(29-15)16-6-4-3-5-7-16)22(25)17-8-11-19(28-2)21(12-17)30(26,27)23-18-9-10-18/h3-8,11-12,15,18,20,23H,9-10,13-14H2,1-2H3. The summed E-state index contributed by atoms with van der Waals surface area (Å²) < 4.78 is 39.5. The van der Waals surface area contributed by atoms with Crippen molar-refractivity contribution in [3.8, 4) is 5.75 Å². The molecule has 8 heteroatoms. The van der Waals surface area contributed by atoms with Gasteiger partial charge in [-0.25, -0.2) is 13.1 Å². The van der Waals surface area contributed by atoms with Gasteiger partial charge >= 0.3 is 0 Å². The molecule has 0 radical (unpaired) electrons. The molecule has 30 heavy (non-hydrogen) atoms. The van der Waals surface area contributed by atoms with Gasteiger partial charge in [-0.2, -0.15) is 0 Å². The van der Waals surface area contributed by atoms with Gasteiger partial charge in [-0.1, -0.05) is 30.3 Å². The molecule has 0 spiro atoms. The Balaban J connectivity index is 1.60. The van der Waals surface area contributed by atoms with Crippen LogP contribution in [0, 0.1) is 0 Å². The topological polar surface area (TPSA) is 84.9 Å². The molecule has 1 saturated heterocycles. The number of sulfonamides is 1. The van der Waals surface area contributed by atoms with Gasteiger partial charge in [0.2, 0.25) is 10.0 Å². The average Bonchev–Trinajstić information content (AvgIpc) is 3.56. The number of carbonyl (C=O) groups is 1. The number of hydrogen-bond donors (Lipinski definition) is 1. The minimum Gasteiger partial charge on any atom is -0.495 e. The smallest absolute Gasteiger partial charge is 0.254 e. The number of nitrogens with zero attached hydrogens (tertiary/aromatic N) is 1. The molecule has 2 fully saturated rings. The van der Waals surface area contributed by atoms with Crippen LogP contribution in [0.25, 0.3) is 0 Å². The van der Waals surface area contributed by atoms with Crippen LogP contribution in [-0.2, 0) is 14.8 Å². The lowest BCUT2D eigenvalue weighted by molar-refractivity contribution is -0.0691. The van der Waals surface area contributed by atoms with Gasteiger partial charge < -0.3 is 14.4 Å². The molecule has 1 amide bonds. The molecular weight excluding hydrogens is 404 g/mol. The van der Waals surface area contributed by atoms with Crippen LogP contribution in [-0.4, -0.2) is 51.6 Å². The molecule has 160 valence electrons. The minimum atomic E-state index is -3.76. The van der Waals surface area contributed by atoms with Crippen LogP contribution in [0.2, 0.25) is 0 Å². The van der Waals surface area contributed by atoms with Crippen LogP contribution >= 0.6 is 0 Å². The highest BCUT2D eigenvalue weighted by Gasteiger charge is 2.33. The molecule has 2 aromatic carbocycles. The fourth-order valence-electron chi connectivity index (χ4n) is 3.66. The van der Waals surface area contributed by atoms with Crippen molar-refractivity contribution in [1.82, 2.24) is 9.62 Å². The van der Waals surface area contributed by atoms with Gasteiger partial charge in [0.15, 0.2) is 0 Å². The van der Waals surface area contributed by atoms with Gasteiger partial charge in [0.25, 0.3) is 5.91 Å². The summed E-state index contributed by atoms with van der Waals surface area (Å²) in [6, 6.07) is 14.3. The van der Waals surface area contributed by atoms with E-state index in [1.807, 2.05) is 37.3 Å². The lowest BCUT2D eigenvalue weighted by Crippen LogP contribution is -2.46. The Morgan fingerprint density at radius 3 is 2.53 bits per heavy atom. The van der Waals surface area contributed by atoms with Gasteiger partial charge in [0.05, 0.1) is 19.8 Å². The third-order valence-corrected chi connectivity index (χ3v) is 6.86. The Morgan fingerprint density at radius 2 is 1.87 bits per heavy atom. The first-order valence-electron chi connectivity index (χ1n) is 10.1. The van der Waals surface area contributed by atoms with Crippen molar-refractivity contribution in [3.63, 3.8) is 0 Å². The summed E-state index contributed by atoms with van der Waals surface area (Å²) in [5.74, 6) is -0.00573. The van der Waals surface area contributed by atoms with Crippen molar-refractivity contribution in [3.05, 3.63) is 59.7 Å². The summed E-state index contributed by atoms with van der Waals surface area (Å²) in [5, 5.41) is 0. The van der Waals surface area contributed by atoms with E-state index in [0.717, 1.165) is 18.4 Å². The zero-order chi connectivity index (χ0) is 21.3. The van der Waals surface area contributed by atoms with Crippen molar-refractivity contribution < 1.29 is 22.7 Å². The van der Waals surface area contributed by atoms with E-state index in [2.05, 4.69) is 4.72 Å². The molecule has 1 aliphatic heterocycles. The molecule has 1 saturated carbocycles. The third-order valence-electron chi connectivity index (χ3n) is 5.32. The van der Waals surface area contributed by atoms with E-state index in [1.165, 1.54) is 19.2 Å². The Labute approximate surface area is 177 Å². The Hall–Kier alpha value is -2.42. The number of rotatable bonds is 6. The summed E-state index contributed by atoms with van der Waals surface area (Å²) in [4.78, 5) is 15.0.